The van der Waals surface area contributed by atoms with Crippen molar-refractivity contribution in [2.45, 2.75) is 68.5 Å². The Kier molecular flexibility index (Phi) is 5.16. The fraction of sp³-hybridized carbons (Fsp3) is 0.733. The summed E-state index contributed by atoms with van der Waals surface area (Å²) in [5.41, 5.74) is 1.54. The summed E-state index contributed by atoms with van der Waals surface area (Å²) in [4.78, 5) is 0. The van der Waals surface area contributed by atoms with Crippen LogP contribution >= 0.6 is 23.1 Å². The van der Waals surface area contributed by atoms with E-state index in [0.29, 0.717) is 12.1 Å². The van der Waals surface area contributed by atoms with Crippen LogP contribution in [-0.2, 0) is 0 Å². The van der Waals surface area contributed by atoms with Crippen LogP contribution in [0.15, 0.2) is 15.7 Å². The molecule has 0 spiro atoms. The fourth-order valence-electron chi connectivity index (χ4n) is 2.69. The summed E-state index contributed by atoms with van der Waals surface area (Å²) >= 11 is 3.95. The van der Waals surface area contributed by atoms with Crippen LogP contribution < -0.4 is 5.32 Å². The number of hydrogen-bond donors (Lipinski definition) is 1. The van der Waals surface area contributed by atoms with E-state index in [0.717, 1.165) is 11.2 Å². The molecule has 0 bridgehead atoms. The van der Waals surface area contributed by atoms with Crippen LogP contribution in [0.1, 0.15) is 58.6 Å². The lowest BCUT2D eigenvalue weighted by Gasteiger charge is -2.31. The molecule has 0 fully saturated rings. The van der Waals surface area contributed by atoms with Crippen molar-refractivity contribution in [3.8, 4) is 0 Å². The fourth-order valence-corrected chi connectivity index (χ4v) is 5.26. The molecule has 1 N–H and O–H groups in total. The second kappa shape index (κ2) is 6.44. The van der Waals surface area contributed by atoms with E-state index in [9.17, 15) is 0 Å². The topological polar surface area (TPSA) is 12.0 Å². The highest BCUT2D eigenvalue weighted by Crippen LogP contribution is 2.43. The van der Waals surface area contributed by atoms with Gasteiger partial charge in [-0.2, -0.15) is 0 Å². The molecule has 1 aliphatic heterocycles. The van der Waals surface area contributed by atoms with E-state index in [1.165, 1.54) is 23.5 Å². The van der Waals surface area contributed by atoms with Crippen molar-refractivity contribution in [2.75, 3.05) is 0 Å². The van der Waals surface area contributed by atoms with E-state index in [-0.39, 0.29) is 0 Å². The molecule has 0 aliphatic carbocycles. The van der Waals surface area contributed by atoms with Gasteiger partial charge < -0.3 is 5.32 Å². The highest BCUT2D eigenvalue weighted by Gasteiger charge is 2.27. The van der Waals surface area contributed by atoms with Gasteiger partial charge in [-0.25, -0.2) is 0 Å². The summed E-state index contributed by atoms with van der Waals surface area (Å²) in [5, 5.41) is 6.83. The van der Waals surface area contributed by atoms with Gasteiger partial charge in [-0.3, -0.25) is 0 Å². The maximum atomic E-state index is 3.85. The maximum Gasteiger partial charge on any atom is 0.0649 e. The second-order valence-electron chi connectivity index (χ2n) is 5.70. The Bertz CT molecular complexity index is 374. The van der Waals surface area contributed by atoms with Crippen LogP contribution in [0.2, 0.25) is 0 Å². The van der Waals surface area contributed by atoms with E-state index < -0.39 is 0 Å². The minimum atomic E-state index is 0.571. The van der Waals surface area contributed by atoms with Crippen LogP contribution in [0, 0.1) is 5.92 Å². The molecular weight excluding hydrogens is 258 g/mol. The first-order valence-electron chi connectivity index (χ1n) is 7.10. The van der Waals surface area contributed by atoms with Crippen molar-refractivity contribution in [2.24, 2.45) is 5.92 Å². The summed E-state index contributed by atoms with van der Waals surface area (Å²) < 4.78 is 1.53. The number of rotatable bonds is 5. The Morgan fingerprint density at radius 2 is 2.22 bits per heavy atom. The Morgan fingerprint density at radius 1 is 1.44 bits per heavy atom. The molecule has 0 saturated carbocycles. The number of nitrogens with one attached hydrogen (secondary N) is 1. The number of thiophene rings is 1. The zero-order valence-electron chi connectivity index (χ0n) is 11.9. The highest BCUT2D eigenvalue weighted by molar-refractivity contribution is 8.01. The Morgan fingerprint density at radius 3 is 2.94 bits per heavy atom. The van der Waals surface area contributed by atoms with Gasteiger partial charge in [0.25, 0.3) is 0 Å². The van der Waals surface area contributed by atoms with Crippen molar-refractivity contribution in [1.29, 1.82) is 0 Å². The van der Waals surface area contributed by atoms with Crippen molar-refractivity contribution in [3.05, 3.63) is 17.0 Å². The lowest BCUT2D eigenvalue weighted by molar-refractivity contribution is 0.362. The summed E-state index contributed by atoms with van der Waals surface area (Å²) in [5.74, 6) is 0.824. The first-order chi connectivity index (χ1) is 8.60. The molecule has 4 atom stereocenters. The summed E-state index contributed by atoms with van der Waals surface area (Å²) in [7, 11) is 0. The number of thioether (sulfide) groups is 1. The molecule has 0 radical (unpaired) electrons. The first kappa shape index (κ1) is 14.4. The quantitative estimate of drug-likeness (QED) is 0.808. The van der Waals surface area contributed by atoms with E-state index >= 15 is 0 Å². The first-order valence-corrected chi connectivity index (χ1v) is 8.86. The number of hydrogen-bond acceptors (Lipinski definition) is 3. The Hall–Kier alpha value is 0.0100. The zero-order valence-corrected chi connectivity index (χ0v) is 13.5. The lowest BCUT2D eigenvalue weighted by atomic mass is 9.98. The third-order valence-electron chi connectivity index (χ3n) is 3.85. The smallest absolute Gasteiger partial charge is 0.0649 e. The van der Waals surface area contributed by atoms with Gasteiger partial charge in [0.2, 0.25) is 0 Å². The van der Waals surface area contributed by atoms with Crippen LogP contribution in [0.4, 0.5) is 0 Å². The average Bonchev–Trinajstić information content (AvgIpc) is 2.76. The molecule has 2 heterocycles. The Balaban J connectivity index is 1.98. The van der Waals surface area contributed by atoms with Crippen molar-refractivity contribution in [1.82, 2.24) is 5.32 Å². The Labute approximate surface area is 120 Å². The van der Waals surface area contributed by atoms with Crippen LogP contribution in [-0.4, -0.2) is 11.3 Å². The molecule has 0 saturated heterocycles. The minimum Gasteiger partial charge on any atom is -0.307 e. The molecule has 1 aromatic rings. The molecule has 0 aromatic carbocycles. The largest absolute Gasteiger partial charge is 0.307 e. The zero-order chi connectivity index (χ0) is 13.1. The van der Waals surface area contributed by atoms with Gasteiger partial charge in [-0.1, -0.05) is 27.2 Å². The molecular formula is C15H25NS2. The lowest BCUT2D eigenvalue weighted by Crippen LogP contribution is -2.34. The second-order valence-corrected chi connectivity index (χ2v) is 8.32. The average molecular weight is 284 g/mol. The summed E-state index contributed by atoms with van der Waals surface area (Å²) in [6.45, 7) is 9.33. The SMILES string of the molecule is CCC(C)CC(C)NC1C[C@H](C)Sc2sccc21. The van der Waals surface area contributed by atoms with Gasteiger partial charge in [0.1, 0.15) is 0 Å². The van der Waals surface area contributed by atoms with Crippen LogP contribution in [0.25, 0.3) is 0 Å². The molecule has 3 heteroatoms. The predicted octanol–water partition coefficient (Wildman–Crippen LogP) is 5.09. The van der Waals surface area contributed by atoms with E-state index in [2.05, 4.69) is 44.5 Å². The van der Waals surface area contributed by atoms with Gasteiger partial charge in [0.15, 0.2) is 0 Å². The van der Waals surface area contributed by atoms with Crippen molar-refractivity contribution < 1.29 is 0 Å². The summed E-state index contributed by atoms with van der Waals surface area (Å²) in [6, 6.07) is 3.50. The van der Waals surface area contributed by atoms with E-state index in [1.807, 2.05) is 23.1 Å². The van der Waals surface area contributed by atoms with Crippen LogP contribution in [0.3, 0.4) is 0 Å². The van der Waals surface area contributed by atoms with Gasteiger partial charge in [-0.15, -0.1) is 23.1 Å². The highest BCUT2D eigenvalue weighted by atomic mass is 32.2. The van der Waals surface area contributed by atoms with Crippen molar-refractivity contribution in [3.63, 3.8) is 0 Å². The maximum absolute atomic E-state index is 3.85. The van der Waals surface area contributed by atoms with Gasteiger partial charge in [-0.05, 0) is 42.7 Å². The third-order valence-corrected chi connectivity index (χ3v) is 6.19. The number of fused-ring (bicyclic) bond motifs is 1. The third kappa shape index (κ3) is 3.52. The molecule has 3 unspecified atom stereocenters. The van der Waals surface area contributed by atoms with E-state index in [1.54, 1.807) is 5.56 Å². The molecule has 18 heavy (non-hydrogen) atoms. The van der Waals surface area contributed by atoms with Crippen LogP contribution in [0.5, 0.6) is 0 Å². The molecule has 1 aliphatic rings. The van der Waals surface area contributed by atoms with Gasteiger partial charge in [0, 0.05) is 17.3 Å². The molecule has 1 nitrogen and oxygen atoms in total. The van der Waals surface area contributed by atoms with Gasteiger partial charge >= 0.3 is 0 Å². The monoisotopic (exact) mass is 283 g/mol. The normalized spacial score (nSPS) is 26.7. The van der Waals surface area contributed by atoms with Crippen molar-refractivity contribution >= 4 is 23.1 Å². The minimum absolute atomic E-state index is 0.571. The standard InChI is InChI=1S/C15H25NS2/c1-5-10(2)8-11(3)16-14-9-12(4)18-15-13(14)6-7-17-15/h6-7,10-12,14,16H,5,8-9H2,1-4H3/t10?,11?,12-,14?/m0/s1. The summed E-state index contributed by atoms with van der Waals surface area (Å²) in [6.07, 6.45) is 3.83. The molecule has 102 valence electrons. The predicted molar refractivity (Wildman–Crippen MR) is 83.7 cm³/mol. The van der Waals surface area contributed by atoms with E-state index in [4.69, 9.17) is 0 Å². The molecule has 0 amide bonds. The molecule has 1 aromatic heterocycles. The molecule has 2 rings (SSSR count). The van der Waals surface area contributed by atoms with Gasteiger partial charge in [0.05, 0.1) is 4.21 Å².